The molecule has 6 nitrogen and oxygen atoms in total. The van der Waals surface area contributed by atoms with Gasteiger partial charge < -0.3 is 15.4 Å². The average molecular weight is 315 g/mol. The van der Waals surface area contributed by atoms with Crippen LogP contribution in [0, 0.1) is 5.92 Å². The predicted octanol–water partition coefficient (Wildman–Crippen LogP) is 3.86. The number of benzene rings is 1. The summed E-state index contributed by atoms with van der Waals surface area (Å²) in [5.41, 5.74) is 0.822. The fraction of sp³-hybridized carbons (Fsp3) is 0.471. The van der Waals surface area contributed by atoms with Crippen LogP contribution in [0.5, 0.6) is 5.75 Å². The maximum Gasteiger partial charge on any atom is 0.249 e. The van der Waals surface area contributed by atoms with Gasteiger partial charge in [0, 0.05) is 6.54 Å². The molecule has 0 spiro atoms. The lowest BCUT2D eigenvalue weighted by Gasteiger charge is -2.14. The lowest BCUT2D eigenvalue weighted by molar-refractivity contribution is 0.244. The van der Waals surface area contributed by atoms with E-state index in [0.717, 1.165) is 24.4 Å². The molecular formula is C17H25N5O. The lowest BCUT2D eigenvalue weighted by Crippen LogP contribution is -2.10. The van der Waals surface area contributed by atoms with Crippen molar-refractivity contribution in [3.8, 4) is 5.75 Å². The minimum atomic E-state index is 0.0982. The van der Waals surface area contributed by atoms with Crippen LogP contribution in [-0.4, -0.2) is 27.8 Å². The van der Waals surface area contributed by atoms with E-state index in [1.807, 2.05) is 38.1 Å². The number of rotatable bonds is 8. The first-order chi connectivity index (χ1) is 11.0. The largest absolute Gasteiger partial charge is 0.489 e. The van der Waals surface area contributed by atoms with Gasteiger partial charge in [-0.25, -0.2) is 0 Å². The van der Waals surface area contributed by atoms with E-state index in [4.69, 9.17) is 4.74 Å². The van der Waals surface area contributed by atoms with Crippen LogP contribution < -0.4 is 15.4 Å². The molecule has 0 bridgehead atoms. The zero-order chi connectivity index (χ0) is 16.7. The molecule has 0 amide bonds. The molecule has 0 aliphatic rings. The number of hydrogen-bond donors (Lipinski definition) is 2. The van der Waals surface area contributed by atoms with Crippen molar-refractivity contribution in [1.29, 1.82) is 0 Å². The summed E-state index contributed by atoms with van der Waals surface area (Å²) in [4.78, 5) is 4.43. The van der Waals surface area contributed by atoms with E-state index in [1.54, 1.807) is 6.20 Å². The predicted molar refractivity (Wildman–Crippen MR) is 93.3 cm³/mol. The summed E-state index contributed by atoms with van der Waals surface area (Å²) in [5, 5.41) is 14.5. The van der Waals surface area contributed by atoms with E-state index < -0.39 is 0 Å². The highest BCUT2D eigenvalue weighted by Crippen LogP contribution is 2.27. The molecule has 0 aliphatic carbocycles. The van der Waals surface area contributed by atoms with E-state index >= 15 is 0 Å². The standard InChI is InChI=1S/C17H25N5O/c1-12(2)9-10-18-16-11-19-22-17(21-16)20-14-7-5-6-8-15(14)23-13(3)4/h5-8,11-13H,9-10H2,1-4H3,(H2,18,20,21,22). The summed E-state index contributed by atoms with van der Waals surface area (Å²) in [7, 11) is 0. The van der Waals surface area contributed by atoms with Gasteiger partial charge >= 0.3 is 0 Å². The van der Waals surface area contributed by atoms with Gasteiger partial charge in [0.15, 0.2) is 5.82 Å². The molecule has 2 rings (SSSR count). The van der Waals surface area contributed by atoms with Crippen LogP contribution in [0.25, 0.3) is 0 Å². The fourth-order valence-electron chi connectivity index (χ4n) is 1.98. The number of para-hydroxylation sites is 2. The van der Waals surface area contributed by atoms with E-state index in [-0.39, 0.29) is 6.10 Å². The second kappa shape index (κ2) is 8.31. The number of ether oxygens (including phenoxy) is 1. The third-order valence-electron chi connectivity index (χ3n) is 3.08. The van der Waals surface area contributed by atoms with Crippen LogP contribution in [0.1, 0.15) is 34.1 Å². The SMILES string of the molecule is CC(C)CCNc1cnnc(Nc2ccccc2OC(C)C)n1. The van der Waals surface area contributed by atoms with Gasteiger partial charge in [-0.2, -0.15) is 10.1 Å². The Bertz CT molecular complexity index is 615. The Morgan fingerprint density at radius 3 is 2.65 bits per heavy atom. The van der Waals surface area contributed by atoms with Crippen molar-refractivity contribution in [2.45, 2.75) is 40.2 Å². The Balaban J connectivity index is 2.06. The van der Waals surface area contributed by atoms with Gasteiger partial charge in [0.2, 0.25) is 5.95 Å². The molecular weight excluding hydrogens is 290 g/mol. The number of hydrogen-bond acceptors (Lipinski definition) is 6. The van der Waals surface area contributed by atoms with Crippen molar-refractivity contribution in [3.63, 3.8) is 0 Å². The van der Waals surface area contributed by atoms with Gasteiger partial charge in [-0.1, -0.05) is 26.0 Å². The summed E-state index contributed by atoms with van der Waals surface area (Å²) in [6, 6.07) is 7.72. The van der Waals surface area contributed by atoms with Crippen LogP contribution in [-0.2, 0) is 0 Å². The Labute approximate surface area is 137 Å². The van der Waals surface area contributed by atoms with Crippen molar-refractivity contribution in [3.05, 3.63) is 30.5 Å². The monoisotopic (exact) mass is 315 g/mol. The fourth-order valence-corrected chi connectivity index (χ4v) is 1.98. The first kappa shape index (κ1) is 17.0. The van der Waals surface area contributed by atoms with Crippen molar-refractivity contribution in [2.75, 3.05) is 17.2 Å². The molecule has 124 valence electrons. The number of nitrogens with one attached hydrogen (secondary N) is 2. The topological polar surface area (TPSA) is 72.0 Å². The molecule has 0 aliphatic heterocycles. The normalized spacial score (nSPS) is 10.9. The molecule has 0 atom stereocenters. The Kier molecular flexibility index (Phi) is 6.14. The molecule has 0 saturated heterocycles. The maximum atomic E-state index is 5.78. The summed E-state index contributed by atoms with van der Waals surface area (Å²) in [6.07, 6.45) is 2.81. The molecule has 1 aromatic carbocycles. The molecule has 2 aromatic rings. The van der Waals surface area contributed by atoms with Crippen molar-refractivity contribution < 1.29 is 4.74 Å². The first-order valence-electron chi connectivity index (χ1n) is 8.01. The summed E-state index contributed by atoms with van der Waals surface area (Å²) < 4.78 is 5.78. The van der Waals surface area contributed by atoms with Crippen LogP contribution in [0.15, 0.2) is 30.5 Å². The highest BCUT2D eigenvalue weighted by molar-refractivity contribution is 5.62. The third kappa shape index (κ3) is 5.73. The molecule has 23 heavy (non-hydrogen) atoms. The molecule has 1 aromatic heterocycles. The Hall–Kier alpha value is -2.37. The molecule has 1 heterocycles. The van der Waals surface area contributed by atoms with Crippen LogP contribution in [0.2, 0.25) is 0 Å². The lowest BCUT2D eigenvalue weighted by atomic mass is 10.1. The Morgan fingerprint density at radius 2 is 1.91 bits per heavy atom. The molecule has 0 radical (unpaired) electrons. The van der Waals surface area contributed by atoms with Crippen LogP contribution in [0.4, 0.5) is 17.5 Å². The van der Waals surface area contributed by atoms with Crippen LogP contribution >= 0.6 is 0 Å². The van der Waals surface area contributed by atoms with Crippen molar-refractivity contribution in [1.82, 2.24) is 15.2 Å². The van der Waals surface area contributed by atoms with Crippen molar-refractivity contribution in [2.24, 2.45) is 5.92 Å². The highest BCUT2D eigenvalue weighted by atomic mass is 16.5. The molecule has 0 unspecified atom stereocenters. The van der Waals surface area contributed by atoms with E-state index in [9.17, 15) is 0 Å². The highest BCUT2D eigenvalue weighted by Gasteiger charge is 2.07. The van der Waals surface area contributed by atoms with E-state index in [2.05, 4.69) is 39.7 Å². The van der Waals surface area contributed by atoms with Crippen LogP contribution in [0.3, 0.4) is 0 Å². The molecule has 0 saturated carbocycles. The average Bonchev–Trinajstić information content (AvgIpc) is 2.49. The number of anilines is 3. The van der Waals surface area contributed by atoms with E-state index in [1.165, 1.54) is 0 Å². The van der Waals surface area contributed by atoms with Gasteiger partial charge in [0.05, 0.1) is 18.0 Å². The smallest absolute Gasteiger partial charge is 0.249 e. The minimum absolute atomic E-state index is 0.0982. The molecule has 0 fully saturated rings. The van der Waals surface area contributed by atoms with Gasteiger partial charge in [0.1, 0.15) is 5.75 Å². The quantitative estimate of drug-likeness (QED) is 0.770. The molecule has 2 N–H and O–H groups in total. The van der Waals surface area contributed by atoms with Gasteiger partial charge in [-0.05, 0) is 38.3 Å². The second-order valence-corrected chi connectivity index (χ2v) is 6.06. The van der Waals surface area contributed by atoms with E-state index in [0.29, 0.717) is 17.7 Å². The van der Waals surface area contributed by atoms with Gasteiger partial charge in [0.25, 0.3) is 0 Å². The van der Waals surface area contributed by atoms with Gasteiger partial charge in [-0.15, -0.1) is 5.10 Å². The summed E-state index contributed by atoms with van der Waals surface area (Å²) in [5.74, 6) is 2.57. The maximum absolute atomic E-state index is 5.78. The number of nitrogens with zero attached hydrogens (tertiary/aromatic N) is 3. The minimum Gasteiger partial charge on any atom is -0.489 e. The Morgan fingerprint density at radius 1 is 1.13 bits per heavy atom. The molecule has 6 heteroatoms. The zero-order valence-electron chi connectivity index (χ0n) is 14.2. The first-order valence-corrected chi connectivity index (χ1v) is 8.01. The summed E-state index contributed by atoms with van der Waals surface area (Å²) in [6.45, 7) is 9.24. The third-order valence-corrected chi connectivity index (χ3v) is 3.08. The van der Waals surface area contributed by atoms with Crippen molar-refractivity contribution >= 4 is 17.5 Å². The number of aromatic nitrogens is 3. The summed E-state index contributed by atoms with van der Waals surface area (Å²) >= 11 is 0. The zero-order valence-corrected chi connectivity index (χ0v) is 14.2. The van der Waals surface area contributed by atoms with Gasteiger partial charge in [-0.3, -0.25) is 0 Å². The second-order valence-electron chi connectivity index (χ2n) is 6.06.